The smallest absolute Gasteiger partial charge is 0.107 e. The van der Waals surface area contributed by atoms with Gasteiger partial charge in [-0.2, -0.15) is 0 Å². The molecule has 0 radical (unpaired) electrons. The van der Waals surface area contributed by atoms with Crippen LogP contribution in [0.4, 0.5) is 0 Å². The van der Waals surface area contributed by atoms with Crippen molar-refractivity contribution >= 4 is 27.3 Å². The lowest BCUT2D eigenvalue weighted by atomic mass is 10.1. The second kappa shape index (κ2) is 7.43. The van der Waals surface area contributed by atoms with Gasteiger partial charge in [-0.05, 0) is 34.8 Å². The summed E-state index contributed by atoms with van der Waals surface area (Å²) in [6.07, 6.45) is 3.24. The molecular formula is C12H20BrNOS. The maximum atomic E-state index is 6.11. The first-order chi connectivity index (χ1) is 7.69. The zero-order valence-corrected chi connectivity index (χ0v) is 12.3. The van der Waals surface area contributed by atoms with Crippen LogP contribution in [0.1, 0.15) is 44.1 Å². The van der Waals surface area contributed by atoms with Gasteiger partial charge in [0, 0.05) is 27.4 Å². The number of nitrogens with two attached hydrogens (primary N) is 1. The minimum atomic E-state index is 0.0489. The van der Waals surface area contributed by atoms with Crippen molar-refractivity contribution in [2.75, 3.05) is 6.61 Å². The number of unbranched alkanes of at least 4 members (excludes halogenated alkanes) is 1. The molecule has 2 N–H and O–H groups in total. The molecule has 1 heterocycles. The number of ether oxygens (including phenoxy) is 1. The molecule has 16 heavy (non-hydrogen) atoms. The van der Waals surface area contributed by atoms with Crippen LogP contribution in [0.2, 0.25) is 0 Å². The van der Waals surface area contributed by atoms with Gasteiger partial charge in [0.05, 0.1) is 0 Å². The largest absolute Gasteiger partial charge is 0.371 e. The van der Waals surface area contributed by atoms with Crippen molar-refractivity contribution in [3.8, 4) is 0 Å². The molecule has 0 spiro atoms. The lowest BCUT2D eigenvalue weighted by Gasteiger charge is -2.22. The molecule has 0 saturated heterocycles. The van der Waals surface area contributed by atoms with Crippen LogP contribution < -0.4 is 5.73 Å². The molecule has 0 fully saturated rings. The zero-order chi connectivity index (χ0) is 12.0. The second-order valence-corrected chi connectivity index (χ2v) is 5.74. The highest BCUT2D eigenvalue weighted by molar-refractivity contribution is 9.10. The second-order valence-electron chi connectivity index (χ2n) is 3.88. The number of halogens is 1. The summed E-state index contributed by atoms with van der Waals surface area (Å²) in [6, 6.07) is 2.19. The third kappa shape index (κ3) is 4.17. The average molecular weight is 306 g/mol. The Labute approximate surface area is 110 Å². The van der Waals surface area contributed by atoms with Gasteiger partial charge in [0.1, 0.15) is 6.10 Å². The highest BCUT2D eigenvalue weighted by Gasteiger charge is 2.20. The zero-order valence-electron chi connectivity index (χ0n) is 9.91. The van der Waals surface area contributed by atoms with E-state index in [4.69, 9.17) is 10.5 Å². The fourth-order valence-electron chi connectivity index (χ4n) is 1.46. The molecule has 2 atom stereocenters. The van der Waals surface area contributed by atoms with Crippen molar-refractivity contribution < 1.29 is 4.74 Å². The van der Waals surface area contributed by atoms with Gasteiger partial charge in [0.15, 0.2) is 0 Å². The molecule has 0 aliphatic heterocycles. The third-order valence-corrected chi connectivity index (χ3v) is 4.28. The van der Waals surface area contributed by atoms with Crippen LogP contribution in [0.5, 0.6) is 0 Å². The van der Waals surface area contributed by atoms with E-state index in [1.54, 1.807) is 11.3 Å². The molecule has 0 aliphatic rings. The van der Waals surface area contributed by atoms with E-state index in [2.05, 4.69) is 41.2 Å². The predicted octanol–water partition coefficient (Wildman–Crippen LogP) is 4.11. The molecule has 2 nitrogen and oxygen atoms in total. The van der Waals surface area contributed by atoms with Crippen molar-refractivity contribution in [2.24, 2.45) is 5.73 Å². The van der Waals surface area contributed by atoms with Gasteiger partial charge < -0.3 is 10.5 Å². The Hall–Kier alpha value is 0.1000. The van der Waals surface area contributed by atoms with Crippen molar-refractivity contribution in [3.05, 3.63) is 20.8 Å². The van der Waals surface area contributed by atoms with Crippen molar-refractivity contribution in [1.29, 1.82) is 0 Å². The van der Waals surface area contributed by atoms with E-state index in [9.17, 15) is 0 Å². The Morgan fingerprint density at radius 3 is 2.75 bits per heavy atom. The van der Waals surface area contributed by atoms with Crippen LogP contribution in [0.15, 0.2) is 15.9 Å². The summed E-state index contributed by atoms with van der Waals surface area (Å²) < 4.78 is 7.01. The molecule has 0 aromatic carbocycles. The minimum absolute atomic E-state index is 0.0489. The Balaban J connectivity index is 2.63. The number of thiophene rings is 1. The number of rotatable bonds is 7. The van der Waals surface area contributed by atoms with E-state index < -0.39 is 0 Å². The molecule has 92 valence electrons. The van der Waals surface area contributed by atoms with E-state index >= 15 is 0 Å². The molecule has 1 aromatic heterocycles. The lowest BCUT2D eigenvalue weighted by Crippen LogP contribution is -2.29. The van der Waals surface area contributed by atoms with Crippen LogP contribution in [0.3, 0.4) is 0 Å². The topological polar surface area (TPSA) is 35.2 Å². The Morgan fingerprint density at radius 2 is 2.25 bits per heavy atom. The van der Waals surface area contributed by atoms with Crippen molar-refractivity contribution in [1.82, 2.24) is 0 Å². The minimum Gasteiger partial charge on any atom is -0.371 e. The summed E-state index contributed by atoms with van der Waals surface area (Å²) in [6.45, 7) is 5.06. The van der Waals surface area contributed by atoms with Crippen molar-refractivity contribution in [2.45, 2.75) is 45.3 Å². The molecule has 0 saturated carbocycles. The predicted molar refractivity (Wildman–Crippen MR) is 73.9 cm³/mol. The molecule has 1 rings (SSSR count). The van der Waals surface area contributed by atoms with E-state index in [0.717, 1.165) is 30.3 Å². The fourth-order valence-corrected chi connectivity index (χ4v) is 3.03. The summed E-state index contributed by atoms with van der Waals surface area (Å²) in [7, 11) is 0. The highest BCUT2D eigenvalue weighted by Crippen LogP contribution is 2.30. The lowest BCUT2D eigenvalue weighted by molar-refractivity contribution is 0.0342. The van der Waals surface area contributed by atoms with E-state index in [1.807, 2.05) is 0 Å². The number of hydrogen-bond acceptors (Lipinski definition) is 3. The molecule has 2 unspecified atom stereocenters. The molecule has 0 aliphatic carbocycles. The first-order valence-electron chi connectivity index (χ1n) is 5.80. The summed E-state index contributed by atoms with van der Waals surface area (Å²) in [5.74, 6) is 0. The first-order valence-corrected chi connectivity index (χ1v) is 7.47. The summed E-state index contributed by atoms with van der Waals surface area (Å²) in [5.41, 5.74) is 6.11. The third-order valence-electron chi connectivity index (χ3n) is 2.52. The van der Waals surface area contributed by atoms with Crippen LogP contribution in [0.25, 0.3) is 0 Å². The van der Waals surface area contributed by atoms with Crippen LogP contribution in [-0.2, 0) is 4.74 Å². The van der Waals surface area contributed by atoms with Gasteiger partial charge in [-0.3, -0.25) is 0 Å². The van der Waals surface area contributed by atoms with Crippen molar-refractivity contribution in [3.63, 3.8) is 0 Å². The molecule has 4 heteroatoms. The standard InChI is InChI=1S/C12H20BrNOS/c1-3-5-6-15-12(10(14)4-2)11-7-9(13)8-16-11/h7-8,10,12H,3-6,14H2,1-2H3. The van der Waals surface area contributed by atoms with Crippen LogP contribution in [-0.4, -0.2) is 12.6 Å². The van der Waals surface area contributed by atoms with E-state index in [1.165, 1.54) is 4.88 Å². The molecule has 1 aromatic rings. The fraction of sp³-hybridized carbons (Fsp3) is 0.667. The summed E-state index contributed by atoms with van der Waals surface area (Å²) in [4.78, 5) is 1.22. The van der Waals surface area contributed by atoms with Gasteiger partial charge in [0.25, 0.3) is 0 Å². The maximum absolute atomic E-state index is 6.11. The van der Waals surface area contributed by atoms with Gasteiger partial charge in [0.2, 0.25) is 0 Å². The van der Waals surface area contributed by atoms with Crippen LogP contribution in [0, 0.1) is 0 Å². The van der Waals surface area contributed by atoms with Gasteiger partial charge in [-0.25, -0.2) is 0 Å². The number of hydrogen-bond donors (Lipinski definition) is 1. The molecular weight excluding hydrogens is 286 g/mol. The molecule has 0 bridgehead atoms. The normalized spacial score (nSPS) is 15.0. The van der Waals surface area contributed by atoms with Crippen LogP contribution >= 0.6 is 27.3 Å². The maximum Gasteiger partial charge on any atom is 0.107 e. The Bertz CT molecular complexity index is 303. The van der Waals surface area contributed by atoms with Gasteiger partial charge in [-0.1, -0.05) is 20.3 Å². The summed E-state index contributed by atoms with van der Waals surface area (Å²) >= 11 is 5.17. The first kappa shape index (κ1) is 14.2. The van der Waals surface area contributed by atoms with Gasteiger partial charge in [-0.15, -0.1) is 11.3 Å². The monoisotopic (exact) mass is 305 g/mol. The van der Waals surface area contributed by atoms with Gasteiger partial charge >= 0.3 is 0 Å². The Morgan fingerprint density at radius 1 is 1.50 bits per heavy atom. The quantitative estimate of drug-likeness (QED) is 0.770. The molecule has 0 amide bonds. The SMILES string of the molecule is CCCCOC(c1cc(Br)cs1)C(N)CC. The summed E-state index contributed by atoms with van der Waals surface area (Å²) in [5, 5.41) is 2.08. The average Bonchev–Trinajstić information content (AvgIpc) is 2.70. The van der Waals surface area contributed by atoms with E-state index in [0.29, 0.717) is 0 Å². The van der Waals surface area contributed by atoms with E-state index in [-0.39, 0.29) is 12.1 Å². The Kier molecular flexibility index (Phi) is 6.58. The highest BCUT2D eigenvalue weighted by atomic mass is 79.9.